The van der Waals surface area contributed by atoms with Crippen molar-refractivity contribution in [2.75, 3.05) is 65.5 Å². The van der Waals surface area contributed by atoms with Crippen LogP contribution in [0.5, 0.6) is 0 Å². The lowest BCUT2D eigenvalue weighted by Crippen LogP contribution is -2.49. The summed E-state index contributed by atoms with van der Waals surface area (Å²) in [6, 6.07) is 0. The molecule has 43 heavy (non-hydrogen) atoms. The van der Waals surface area contributed by atoms with Gasteiger partial charge in [0.05, 0.1) is 45.0 Å². The maximum atomic E-state index is 14.3. The standard InChI is InChI=1S/C30H44N2O9S2/c1-20(2)22-6-8-30(4)28-23(19-22)21(3)18-25(43(36,37)32-11-15-40-16-12-32)27(29(33)38-5)26(28)24(41-30)7-17-42(34,35)31-9-13-39-14-10-31/h6,8,18-20,23,25,27-28H,7,9-17H2,1-5H3/t23?,25-,27+,28?,30?/m0/s1. The molecule has 13 heteroatoms. The molecular weight excluding hydrogens is 596 g/mol. The van der Waals surface area contributed by atoms with Gasteiger partial charge in [0.1, 0.15) is 16.8 Å². The third-order valence-corrected chi connectivity index (χ3v) is 13.4. The summed E-state index contributed by atoms with van der Waals surface area (Å²) in [7, 11) is -6.46. The highest BCUT2D eigenvalue weighted by atomic mass is 32.2. The van der Waals surface area contributed by atoms with Crippen LogP contribution < -0.4 is 0 Å². The van der Waals surface area contributed by atoms with Crippen LogP contribution in [0.2, 0.25) is 0 Å². The van der Waals surface area contributed by atoms with E-state index in [1.165, 1.54) is 15.7 Å². The second-order valence-electron chi connectivity index (χ2n) is 12.3. The van der Waals surface area contributed by atoms with Gasteiger partial charge in [-0.25, -0.2) is 16.8 Å². The zero-order chi connectivity index (χ0) is 31.2. The van der Waals surface area contributed by atoms with Gasteiger partial charge in [0, 0.05) is 44.4 Å². The van der Waals surface area contributed by atoms with Crippen molar-refractivity contribution in [3.05, 3.63) is 46.8 Å². The number of carbonyl (C=O) groups is 1. The van der Waals surface area contributed by atoms with Crippen LogP contribution in [0.15, 0.2) is 46.8 Å². The number of allylic oxidation sites excluding steroid dienone is 5. The normalized spacial score (nSPS) is 32.4. The zero-order valence-electron chi connectivity index (χ0n) is 25.7. The fraction of sp³-hybridized carbons (Fsp3) is 0.700. The Hall–Kier alpha value is -2.03. The van der Waals surface area contributed by atoms with Crippen LogP contribution >= 0.6 is 0 Å². The van der Waals surface area contributed by atoms with Crippen LogP contribution in [0.25, 0.3) is 0 Å². The smallest absolute Gasteiger partial charge is 0.314 e. The number of hydrogen-bond acceptors (Lipinski definition) is 9. The van der Waals surface area contributed by atoms with E-state index in [9.17, 15) is 21.6 Å². The Morgan fingerprint density at radius 1 is 1.02 bits per heavy atom. The first-order valence-electron chi connectivity index (χ1n) is 15.0. The fourth-order valence-corrected chi connectivity index (χ4v) is 10.4. The number of esters is 1. The van der Waals surface area contributed by atoms with Crippen LogP contribution in [-0.4, -0.2) is 108 Å². The van der Waals surface area contributed by atoms with Gasteiger partial charge < -0.3 is 18.9 Å². The Labute approximate surface area is 255 Å². The summed E-state index contributed by atoms with van der Waals surface area (Å²) in [5.41, 5.74) is 1.47. The molecule has 5 rings (SSSR count). The van der Waals surface area contributed by atoms with Gasteiger partial charge in [-0.1, -0.05) is 37.6 Å². The van der Waals surface area contributed by atoms with Crippen molar-refractivity contribution in [3.63, 3.8) is 0 Å². The Bertz CT molecular complexity index is 1440. The average molecular weight is 641 g/mol. The van der Waals surface area contributed by atoms with Crippen LogP contribution in [0.1, 0.15) is 34.1 Å². The summed E-state index contributed by atoms with van der Waals surface area (Å²) in [5.74, 6) is -2.32. The van der Waals surface area contributed by atoms with E-state index in [4.69, 9.17) is 18.9 Å². The summed E-state index contributed by atoms with van der Waals surface area (Å²) in [6.45, 7) is 10.1. The lowest BCUT2D eigenvalue weighted by atomic mass is 9.71. The van der Waals surface area contributed by atoms with E-state index in [0.717, 1.165) is 11.1 Å². The molecule has 3 unspecified atom stereocenters. The van der Waals surface area contributed by atoms with Crippen molar-refractivity contribution < 1.29 is 40.6 Å². The van der Waals surface area contributed by atoms with Gasteiger partial charge in [0.15, 0.2) is 0 Å². The van der Waals surface area contributed by atoms with E-state index in [2.05, 4.69) is 19.9 Å². The topological polar surface area (TPSA) is 129 Å². The second kappa shape index (κ2) is 12.4. The van der Waals surface area contributed by atoms with Gasteiger partial charge in [-0.2, -0.15) is 8.61 Å². The van der Waals surface area contributed by atoms with Crippen LogP contribution in [-0.2, 0) is 43.8 Å². The molecular formula is C30H44N2O9S2. The van der Waals surface area contributed by atoms with Gasteiger partial charge in [-0.3, -0.25) is 4.79 Å². The number of methoxy groups -OCH3 is 1. The molecule has 2 fully saturated rings. The predicted octanol–water partition coefficient (Wildman–Crippen LogP) is 2.25. The van der Waals surface area contributed by atoms with E-state index in [1.807, 2.05) is 26.0 Å². The summed E-state index contributed by atoms with van der Waals surface area (Å²) in [5, 5.41) is -1.25. The first-order valence-corrected chi connectivity index (χ1v) is 18.1. The summed E-state index contributed by atoms with van der Waals surface area (Å²) < 4.78 is 80.9. The van der Waals surface area contributed by atoms with Gasteiger partial charge in [-0.15, -0.1) is 0 Å². The molecule has 0 saturated carbocycles. The Kier molecular flexibility index (Phi) is 9.33. The lowest BCUT2D eigenvalue weighted by Gasteiger charge is -2.34. The van der Waals surface area contributed by atoms with E-state index >= 15 is 0 Å². The summed E-state index contributed by atoms with van der Waals surface area (Å²) in [4.78, 5) is 13.8. The number of hydrogen-bond donors (Lipinski definition) is 0. The highest BCUT2D eigenvalue weighted by Gasteiger charge is 2.57. The number of morpholine rings is 2. The monoisotopic (exact) mass is 640 g/mol. The molecule has 3 aliphatic heterocycles. The molecule has 5 atom stereocenters. The molecule has 2 saturated heterocycles. The van der Waals surface area contributed by atoms with Crippen molar-refractivity contribution >= 4 is 26.0 Å². The molecule has 0 radical (unpaired) electrons. The Balaban J connectivity index is 1.67. The Morgan fingerprint density at radius 3 is 2.21 bits per heavy atom. The average Bonchev–Trinajstić information content (AvgIpc) is 3.09. The van der Waals surface area contributed by atoms with E-state index in [0.29, 0.717) is 24.5 Å². The molecule has 5 aliphatic rings. The molecule has 0 N–H and O–H groups in total. The van der Waals surface area contributed by atoms with Crippen molar-refractivity contribution in [1.29, 1.82) is 0 Å². The second-order valence-corrected chi connectivity index (χ2v) is 16.5. The highest BCUT2D eigenvalue weighted by molar-refractivity contribution is 7.90. The molecule has 0 spiro atoms. The fourth-order valence-electron chi connectivity index (χ4n) is 6.96. The number of sulfonamides is 2. The molecule has 2 aliphatic carbocycles. The first kappa shape index (κ1) is 32.4. The van der Waals surface area contributed by atoms with Gasteiger partial charge in [0.2, 0.25) is 20.0 Å². The zero-order valence-corrected chi connectivity index (χ0v) is 27.3. The molecule has 11 nitrogen and oxygen atoms in total. The lowest BCUT2D eigenvalue weighted by molar-refractivity contribution is -0.144. The number of carbonyl (C=O) groups excluding carboxylic acids is 1. The van der Waals surface area contributed by atoms with Crippen molar-refractivity contribution in [2.24, 2.45) is 23.7 Å². The van der Waals surface area contributed by atoms with Crippen molar-refractivity contribution in [3.8, 4) is 0 Å². The third-order valence-electron chi connectivity index (χ3n) is 9.32. The predicted molar refractivity (Wildman–Crippen MR) is 161 cm³/mol. The maximum Gasteiger partial charge on any atom is 0.314 e. The largest absolute Gasteiger partial charge is 0.487 e. The number of rotatable bonds is 8. The number of ether oxygens (including phenoxy) is 4. The Morgan fingerprint density at radius 2 is 1.63 bits per heavy atom. The van der Waals surface area contributed by atoms with Crippen molar-refractivity contribution in [2.45, 2.75) is 45.0 Å². The quantitative estimate of drug-likeness (QED) is 0.290. The summed E-state index contributed by atoms with van der Waals surface area (Å²) >= 11 is 0. The molecule has 3 heterocycles. The molecule has 0 amide bonds. The van der Waals surface area contributed by atoms with Crippen LogP contribution in [0, 0.1) is 23.7 Å². The first-order chi connectivity index (χ1) is 20.3. The molecule has 240 valence electrons. The minimum atomic E-state index is -4.05. The SMILES string of the molecule is COC(=O)[C@H]1C2=C(CCS(=O)(=O)N3CCOCC3)OC3(C)C=CC(C(C)C)=CC(C(C)=C[C@@H]1S(=O)(=O)N1CCOCC1)C23. The van der Waals surface area contributed by atoms with Gasteiger partial charge in [-0.05, 0) is 37.0 Å². The molecule has 0 aromatic rings. The summed E-state index contributed by atoms with van der Waals surface area (Å²) in [6.07, 6.45) is 7.87. The highest BCUT2D eigenvalue weighted by Crippen LogP contribution is 2.55. The molecule has 0 aromatic heterocycles. The number of nitrogens with zero attached hydrogens (tertiary/aromatic N) is 2. The van der Waals surface area contributed by atoms with Crippen LogP contribution in [0.4, 0.5) is 0 Å². The van der Waals surface area contributed by atoms with Gasteiger partial charge in [0.25, 0.3) is 0 Å². The molecule has 0 aromatic carbocycles. The minimum absolute atomic E-state index is 0.000705. The minimum Gasteiger partial charge on any atom is -0.487 e. The van der Waals surface area contributed by atoms with Crippen LogP contribution in [0.3, 0.4) is 0 Å². The van der Waals surface area contributed by atoms with E-state index in [1.54, 1.807) is 6.08 Å². The van der Waals surface area contributed by atoms with E-state index < -0.39 is 48.7 Å². The van der Waals surface area contributed by atoms with Crippen molar-refractivity contribution in [1.82, 2.24) is 8.61 Å². The van der Waals surface area contributed by atoms with E-state index in [-0.39, 0.29) is 63.4 Å². The molecule has 0 bridgehead atoms. The van der Waals surface area contributed by atoms with Gasteiger partial charge >= 0.3 is 5.97 Å². The third kappa shape index (κ3) is 6.13. The maximum absolute atomic E-state index is 14.3.